The summed E-state index contributed by atoms with van der Waals surface area (Å²) in [5.41, 5.74) is 4.43. The van der Waals surface area contributed by atoms with Crippen molar-refractivity contribution in [2.75, 3.05) is 5.32 Å². The van der Waals surface area contributed by atoms with Gasteiger partial charge in [-0.2, -0.15) is 0 Å². The summed E-state index contributed by atoms with van der Waals surface area (Å²) in [5.74, 6) is -0.479. The lowest BCUT2D eigenvalue weighted by molar-refractivity contribution is 0.0341. The molecule has 3 atom stereocenters. The fourth-order valence-electron chi connectivity index (χ4n) is 5.49. The molecule has 2 heterocycles. The Hall–Kier alpha value is -5.59. The number of carbonyl (C=O) groups excluding carboxylic acids is 2. The number of nitrogens with one attached hydrogen (secondary N) is 2. The highest BCUT2D eigenvalue weighted by Gasteiger charge is 2.33. The fraction of sp³-hybridized carbons (Fsp3) is 0.216. The van der Waals surface area contributed by atoms with Gasteiger partial charge in [-0.05, 0) is 54.7 Å². The van der Waals surface area contributed by atoms with Crippen molar-refractivity contribution < 1.29 is 29.3 Å². The number of aliphatic hydroxyl groups is 1. The summed E-state index contributed by atoms with van der Waals surface area (Å²) in [6, 6.07) is 29.3. The second-order valence-corrected chi connectivity index (χ2v) is 12.3. The molecule has 2 aromatic heterocycles. The van der Waals surface area contributed by atoms with E-state index in [4.69, 9.17) is 4.74 Å². The van der Waals surface area contributed by atoms with Crippen LogP contribution >= 0.6 is 11.3 Å². The molecule has 3 aromatic carbocycles. The third kappa shape index (κ3) is 10.4. The van der Waals surface area contributed by atoms with Crippen LogP contribution in [0.15, 0.2) is 121 Å². The van der Waals surface area contributed by atoms with Gasteiger partial charge in [0.25, 0.3) is 5.91 Å². The molecule has 0 radical (unpaired) electrons. The van der Waals surface area contributed by atoms with Crippen LogP contribution in [0.2, 0.25) is 0 Å². The first-order chi connectivity index (χ1) is 23.9. The Morgan fingerprint density at radius 1 is 0.857 bits per heavy atom. The number of pyridine rings is 1. The quantitative estimate of drug-likeness (QED) is 0.102. The van der Waals surface area contributed by atoms with Crippen LogP contribution < -0.4 is 10.6 Å². The van der Waals surface area contributed by atoms with Gasteiger partial charge in [-0.25, -0.2) is 9.59 Å². The number of carbonyl (C=O) groups is 3. The topological polar surface area (TPSA) is 154 Å². The Morgan fingerprint density at radius 2 is 1.53 bits per heavy atom. The Bertz CT molecular complexity index is 1780. The monoisotopic (exact) mass is 679 g/mol. The SMILES string of the molecule is O=C(Nc1ccccc1C(=O)N[C@@H](Cc1ccccc1)C[C@H](O)[C@H](Cc1ccccc1)N(Cc1cncs1)C(=O)O)OCc1ccccn1. The van der Waals surface area contributed by atoms with Crippen LogP contribution in [-0.4, -0.2) is 61.4 Å². The van der Waals surface area contributed by atoms with Crippen molar-refractivity contribution in [2.24, 2.45) is 0 Å². The number of hydrogen-bond acceptors (Lipinski definition) is 8. The summed E-state index contributed by atoms with van der Waals surface area (Å²) < 4.78 is 5.30. The Balaban J connectivity index is 1.36. The van der Waals surface area contributed by atoms with E-state index in [9.17, 15) is 24.6 Å². The first kappa shape index (κ1) is 34.7. The van der Waals surface area contributed by atoms with Gasteiger partial charge in [-0.3, -0.25) is 25.0 Å². The second kappa shape index (κ2) is 17.5. The maximum atomic E-state index is 13.8. The smallest absolute Gasteiger partial charge is 0.412 e. The molecule has 0 aliphatic rings. The number of aromatic nitrogens is 2. The number of amides is 3. The normalized spacial score (nSPS) is 12.7. The Labute approximate surface area is 288 Å². The van der Waals surface area contributed by atoms with Gasteiger partial charge in [-0.15, -0.1) is 11.3 Å². The maximum Gasteiger partial charge on any atom is 0.412 e. The van der Waals surface area contributed by atoms with Gasteiger partial charge in [-0.1, -0.05) is 78.9 Å². The third-order valence-corrected chi connectivity index (χ3v) is 8.62. The fourth-order valence-corrected chi connectivity index (χ4v) is 6.08. The summed E-state index contributed by atoms with van der Waals surface area (Å²) in [5, 5.41) is 27.8. The number of rotatable bonds is 15. The van der Waals surface area contributed by atoms with E-state index in [1.165, 1.54) is 16.2 Å². The number of nitrogens with zero attached hydrogens (tertiary/aromatic N) is 3. The lowest BCUT2D eigenvalue weighted by Gasteiger charge is -2.34. The number of para-hydroxylation sites is 1. The Morgan fingerprint density at radius 3 is 2.18 bits per heavy atom. The molecule has 0 aliphatic heterocycles. The standard InChI is InChI=1S/C37H37N5O6S/c43-34(33(20-27-13-5-2-6-14-27)42(37(46)47)23-30-22-38-25-49-30)21-29(19-26-11-3-1-4-12-26)40-35(44)31-16-7-8-17-32(31)41-36(45)48-24-28-15-9-10-18-39-28/h1-18,22,25,29,33-34,43H,19-21,23-24H2,(H,40,44)(H,41,45)(H,46,47)/t29-,33-,34-/m0/s1. The number of aliphatic hydroxyl groups excluding tert-OH is 1. The number of hydrogen-bond donors (Lipinski definition) is 4. The van der Waals surface area contributed by atoms with Crippen molar-refractivity contribution in [1.82, 2.24) is 20.2 Å². The van der Waals surface area contributed by atoms with Gasteiger partial charge in [0.05, 0.1) is 41.1 Å². The van der Waals surface area contributed by atoms with E-state index in [1.54, 1.807) is 60.4 Å². The molecule has 49 heavy (non-hydrogen) atoms. The molecule has 252 valence electrons. The van der Waals surface area contributed by atoms with E-state index in [0.717, 1.165) is 16.0 Å². The summed E-state index contributed by atoms with van der Waals surface area (Å²) in [6.07, 6.45) is 0.805. The van der Waals surface area contributed by atoms with Crippen LogP contribution in [0.1, 0.15) is 38.5 Å². The van der Waals surface area contributed by atoms with E-state index in [0.29, 0.717) is 12.1 Å². The van der Waals surface area contributed by atoms with Gasteiger partial charge in [0.2, 0.25) is 0 Å². The molecule has 11 nitrogen and oxygen atoms in total. The average Bonchev–Trinajstić information content (AvgIpc) is 3.64. The highest BCUT2D eigenvalue weighted by atomic mass is 32.1. The largest absolute Gasteiger partial charge is 0.465 e. The molecule has 0 saturated heterocycles. The zero-order valence-electron chi connectivity index (χ0n) is 26.6. The molecule has 4 N–H and O–H groups in total. The highest BCUT2D eigenvalue weighted by Crippen LogP contribution is 2.23. The lowest BCUT2D eigenvalue weighted by atomic mass is 9.92. The van der Waals surface area contributed by atoms with Crippen molar-refractivity contribution in [3.8, 4) is 0 Å². The minimum atomic E-state index is -1.17. The van der Waals surface area contributed by atoms with Crippen LogP contribution in [0.4, 0.5) is 15.3 Å². The van der Waals surface area contributed by atoms with Crippen LogP contribution in [0.3, 0.4) is 0 Å². The van der Waals surface area contributed by atoms with Crippen molar-refractivity contribution in [3.05, 3.63) is 148 Å². The molecule has 5 rings (SSSR count). The molecule has 5 aromatic rings. The second-order valence-electron chi connectivity index (χ2n) is 11.4. The van der Waals surface area contributed by atoms with Crippen LogP contribution in [-0.2, 0) is 30.7 Å². The van der Waals surface area contributed by atoms with Crippen LogP contribution in [0.5, 0.6) is 0 Å². The van der Waals surface area contributed by atoms with Gasteiger partial charge in [0.15, 0.2) is 0 Å². The highest BCUT2D eigenvalue weighted by molar-refractivity contribution is 7.09. The Kier molecular flexibility index (Phi) is 12.4. The zero-order valence-corrected chi connectivity index (χ0v) is 27.4. The minimum Gasteiger partial charge on any atom is -0.465 e. The molecule has 0 unspecified atom stereocenters. The predicted octanol–water partition coefficient (Wildman–Crippen LogP) is 6.17. The zero-order chi connectivity index (χ0) is 34.4. The number of ether oxygens (including phenoxy) is 1. The molecule has 0 saturated carbocycles. The number of benzene rings is 3. The summed E-state index contributed by atoms with van der Waals surface area (Å²) >= 11 is 1.34. The lowest BCUT2D eigenvalue weighted by Crippen LogP contribution is -2.50. The minimum absolute atomic E-state index is 0.0431. The molecule has 0 aliphatic carbocycles. The maximum absolute atomic E-state index is 13.8. The number of carboxylic acid groups (broad SMARTS) is 1. The van der Waals surface area contributed by atoms with Crippen LogP contribution in [0, 0.1) is 0 Å². The van der Waals surface area contributed by atoms with Crippen molar-refractivity contribution in [3.63, 3.8) is 0 Å². The van der Waals surface area contributed by atoms with Gasteiger partial charge >= 0.3 is 12.2 Å². The molecule has 12 heteroatoms. The molecular formula is C37H37N5O6S. The third-order valence-electron chi connectivity index (χ3n) is 7.86. The summed E-state index contributed by atoms with van der Waals surface area (Å²) in [4.78, 5) is 49.3. The van der Waals surface area contributed by atoms with E-state index in [-0.39, 0.29) is 37.2 Å². The number of anilines is 1. The molecule has 3 amide bonds. The van der Waals surface area contributed by atoms with E-state index in [1.807, 2.05) is 60.7 Å². The predicted molar refractivity (Wildman–Crippen MR) is 186 cm³/mol. The van der Waals surface area contributed by atoms with Crippen molar-refractivity contribution >= 4 is 35.1 Å². The van der Waals surface area contributed by atoms with E-state index < -0.39 is 36.3 Å². The first-order valence-electron chi connectivity index (χ1n) is 15.7. The summed E-state index contributed by atoms with van der Waals surface area (Å²) in [6.45, 7) is 0.0122. The molecular weight excluding hydrogens is 643 g/mol. The van der Waals surface area contributed by atoms with Gasteiger partial charge in [0, 0.05) is 23.3 Å². The van der Waals surface area contributed by atoms with E-state index >= 15 is 0 Å². The molecule has 0 fully saturated rings. The molecule has 0 bridgehead atoms. The van der Waals surface area contributed by atoms with Crippen molar-refractivity contribution in [2.45, 2.75) is 50.6 Å². The van der Waals surface area contributed by atoms with Crippen LogP contribution in [0.25, 0.3) is 0 Å². The first-order valence-corrected chi connectivity index (χ1v) is 16.6. The van der Waals surface area contributed by atoms with Gasteiger partial charge in [0.1, 0.15) is 6.61 Å². The van der Waals surface area contributed by atoms with Gasteiger partial charge < -0.3 is 20.3 Å². The number of thiazole rings is 1. The summed E-state index contributed by atoms with van der Waals surface area (Å²) in [7, 11) is 0. The van der Waals surface area contributed by atoms with Crippen molar-refractivity contribution in [1.29, 1.82) is 0 Å². The average molecular weight is 680 g/mol. The molecule has 0 spiro atoms. The van der Waals surface area contributed by atoms with E-state index in [2.05, 4.69) is 20.6 Å².